The van der Waals surface area contributed by atoms with Crippen LogP contribution in [0.25, 0.3) is 0 Å². The Labute approximate surface area is 122 Å². The lowest BCUT2D eigenvalue weighted by molar-refractivity contribution is 0.297. The zero-order valence-corrected chi connectivity index (χ0v) is 13.9. The normalized spacial score (nSPS) is 15.6. The van der Waals surface area contributed by atoms with Crippen LogP contribution in [0.2, 0.25) is 0 Å². The zero-order valence-electron chi connectivity index (χ0n) is 13.0. The van der Waals surface area contributed by atoms with E-state index < -0.39 is 7.37 Å². The topological polar surface area (TPSA) is 48.4 Å². The van der Waals surface area contributed by atoms with E-state index in [1.165, 1.54) is 0 Å². The Kier molecular flexibility index (Phi) is 7.25. The summed E-state index contributed by atoms with van der Waals surface area (Å²) < 4.78 is 23.2. The van der Waals surface area contributed by atoms with Crippen molar-refractivity contribution in [2.75, 3.05) is 26.0 Å². The van der Waals surface area contributed by atoms with Crippen LogP contribution < -0.4 is 4.74 Å². The number of ether oxygens (including phenoxy) is 1. The molecule has 20 heavy (non-hydrogen) atoms. The molecule has 1 rings (SSSR count). The van der Waals surface area contributed by atoms with Crippen molar-refractivity contribution in [2.45, 2.75) is 39.5 Å². The molecule has 4 nitrogen and oxygen atoms in total. The van der Waals surface area contributed by atoms with E-state index in [0.717, 1.165) is 18.4 Å². The van der Waals surface area contributed by atoms with Crippen LogP contribution in [-0.2, 0) is 9.09 Å². The molecule has 1 aromatic heterocycles. The quantitative estimate of drug-likeness (QED) is 0.503. The van der Waals surface area contributed by atoms with E-state index in [1.807, 2.05) is 19.1 Å². The predicted octanol–water partition coefficient (Wildman–Crippen LogP) is 4.31. The fourth-order valence-corrected chi connectivity index (χ4v) is 3.92. The minimum atomic E-state index is -2.52. The number of hydrogen-bond donors (Lipinski definition) is 0. The summed E-state index contributed by atoms with van der Waals surface area (Å²) in [5.41, 5.74) is 1.09. The molecule has 0 aromatic carbocycles. The highest BCUT2D eigenvalue weighted by Crippen LogP contribution is 2.46. The fourth-order valence-electron chi connectivity index (χ4n) is 2.06. The Balaban J connectivity index is 2.66. The third kappa shape index (κ3) is 6.06. The van der Waals surface area contributed by atoms with E-state index in [0.29, 0.717) is 25.3 Å². The fraction of sp³-hybridized carbons (Fsp3) is 0.667. The van der Waals surface area contributed by atoms with Crippen LogP contribution in [0.5, 0.6) is 5.88 Å². The Hall–Kier alpha value is -0.860. The van der Waals surface area contributed by atoms with E-state index in [2.05, 4.69) is 18.8 Å². The lowest BCUT2D eigenvalue weighted by atomic mass is 10.1. The molecule has 0 fully saturated rings. The van der Waals surface area contributed by atoms with Crippen molar-refractivity contribution in [1.29, 1.82) is 0 Å². The van der Waals surface area contributed by atoms with Gasteiger partial charge in [0.15, 0.2) is 0 Å². The van der Waals surface area contributed by atoms with Gasteiger partial charge in [-0.3, -0.25) is 4.57 Å². The van der Waals surface area contributed by atoms with Crippen molar-refractivity contribution in [3.05, 3.63) is 23.9 Å². The summed E-state index contributed by atoms with van der Waals surface area (Å²) in [7, 11) is -2.52. The largest absolute Gasteiger partial charge is 0.478 e. The van der Waals surface area contributed by atoms with Gasteiger partial charge in [0.2, 0.25) is 13.2 Å². The molecule has 0 saturated carbocycles. The first-order chi connectivity index (χ1) is 9.48. The molecule has 0 aliphatic carbocycles. The molecule has 0 saturated heterocycles. The second kappa shape index (κ2) is 8.43. The van der Waals surface area contributed by atoms with Crippen molar-refractivity contribution >= 4 is 7.37 Å². The molecule has 0 N–H and O–H groups in total. The van der Waals surface area contributed by atoms with Gasteiger partial charge in [0.1, 0.15) is 0 Å². The minimum absolute atomic E-state index is 0.161. The highest BCUT2D eigenvalue weighted by Gasteiger charge is 2.20. The highest BCUT2D eigenvalue weighted by atomic mass is 31.2. The molecule has 1 heterocycles. The molecular weight excluding hydrogens is 273 g/mol. The molecule has 0 aliphatic rings. The Morgan fingerprint density at radius 1 is 1.40 bits per heavy atom. The molecule has 2 unspecified atom stereocenters. The van der Waals surface area contributed by atoms with E-state index in [1.54, 1.807) is 12.9 Å². The molecule has 0 spiro atoms. The summed E-state index contributed by atoms with van der Waals surface area (Å²) in [4.78, 5) is 4.20. The minimum Gasteiger partial charge on any atom is -0.478 e. The second-order valence-electron chi connectivity index (χ2n) is 5.14. The zero-order chi connectivity index (χ0) is 15.0. The van der Waals surface area contributed by atoms with Crippen LogP contribution in [0.1, 0.15) is 45.1 Å². The Bertz CT molecular complexity index is 450. The van der Waals surface area contributed by atoms with Gasteiger partial charge in [-0.05, 0) is 30.9 Å². The number of aromatic nitrogens is 1. The molecule has 0 aliphatic heterocycles. The maximum absolute atomic E-state index is 12.2. The monoisotopic (exact) mass is 299 g/mol. The van der Waals surface area contributed by atoms with Gasteiger partial charge in [0.25, 0.3) is 0 Å². The summed E-state index contributed by atoms with van der Waals surface area (Å²) in [6.07, 6.45) is 4.41. The number of pyridine rings is 1. The average Bonchev–Trinajstić information content (AvgIpc) is 2.38. The SMILES string of the molecule is CCCCOc1cc(C(C)CP(C)(=O)OCC)ccn1. The summed E-state index contributed by atoms with van der Waals surface area (Å²) in [5.74, 6) is 0.805. The summed E-state index contributed by atoms with van der Waals surface area (Å²) >= 11 is 0. The Morgan fingerprint density at radius 3 is 2.80 bits per heavy atom. The lowest BCUT2D eigenvalue weighted by Gasteiger charge is -2.18. The molecule has 0 amide bonds. The van der Waals surface area contributed by atoms with Crippen LogP contribution in [0, 0.1) is 0 Å². The van der Waals surface area contributed by atoms with Crippen LogP contribution in [-0.4, -0.2) is 31.0 Å². The van der Waals surface area contributed by atoms with E-state index >= 15 is 0 Å². The number of rotatable bonds is 9. The molecule has 0 radical (unpaired) electrons. The maximum atomic E-state index is 12.2. The molecule has 5 heteroatoms. The van der Waals surface area contributed by atoms with E-state index in [9.17, 15) is 4.57 Å². The first kappa shape index (κ1) is 17.2. The van der Waals surface area contributed by atoms with Crippen molar-refractivity contribution in [1.82, 2.24) is 4.98 Å². The van der Waals surface area contributed by atoms with E-state index in [4.69, 9.17) is 9.26 Å². The van der Waals surface area contributed by atoms with Crippen molar-refractivity contribution in [2.24, 2.45) is 0 Å². The van der Waals surface area contributed by atoms with Crippen LogP contribution in [0.15, 0.2) is 18.3 Å². The summed E-state index contributed by atoms with van der Waals surface area (Å²) in [6.45, 7) is 8.93. The number of hydrogen-bond acceptors (Lipinski definition) is 4. The smallest absolute Gasteiger partial charge is 0.213 e. The summed E-state index contributed by atoms with van der Waals surface area (Å²) in [5, 5.41) is 0. The van der Waals surface area contributed by atoms with Crippen LogP contribution in [0.4, 0.5) is 0 Å². The number of unbranched alkanes of at least 4 members (excludes halogenated alkanes) is 1. The van der Waals surface area contributed by atoms with Gasteiger partial charge < -0.3 is 9.26 Å². The number of nitrogens with zero attached hydrogens (tertiary/aromatic N) is 1. The molecule has 114 valence electrons. The van der Waals surface area contributed by atoms with Gasteiger partial charge in [0, 0.05) is 25.1 Å². The molecule has 2 atom stereocenters. The van der Waals surface area contributed by atoms with Crippen molar-refractivity contribution < 1.29 is 13.8 Å². The average molecular weight is 299 g/mol. The molecule has 1 aromatic rings. The molecule has 0 bridgehead atoms. The van der Waals surface area contributed by atoms with Crippen molar-refractivity contribution in [3.63, 3.8) is 0 Å². The molecular formula is C15H26NO3P. The first-order valence-corrected chi connectivity index (χ1v) is 9.54. The van der Waals surface area contributed by atoms with Gasteiger partial charge in [-0.1, -0.05) is 20.3 Å². The Morgan fingerprint density at radius 2 is 2.15 bits per heavy atom. The van der Waals surface area contributed by atoms with Gasteiger partial charge in [-0.15, -0.1) is 0 Å². The predicted molar refractivity (Wildman–Crippen MR) is 83.1 cm³/mol. The van der Waals surface area contributed by atoms with Gasteiger partial charge in [-0.25, -0.2) is 4.98 Å². The van der Waals surface area contributed by atoms with Crippen LogP contribution >= 0.6 is 7.37 Å². The van der Waals surface area contributed by atoms with Gasteiger partial charge in [-0.2, -0.15) is 0 Å². The maximum Gasteiger partial charge on any atom is 0.213 e. The lowest BCUT2D eigenvalue weighted by Crippen LogP contribution is -2.05. The van der Waals surface area contributed by atoms with Crippen LogP contribution in [0.3, 0.4) is 0 Å². The van der Waals surface area contributed by atoms with E-state index in [-0.39, 0.29) is 5.92 Å². The third-order valence-electron chi connectivity index (χ3n) is 3.08. The van der Waals surface area contributed by atoms with Gasteiger partial charge in [0.05, 0.1) is 13.2 Å². The third-order valence-corrected chi connectivity index (χ3v) is 5.10. The summed E-state index contributed by atoms with van der Waals surface area (Å²) in [6, 6.07) is 3.88. The second-order valence-corrected chi connectivity index (χ2v) is 7.80. The highest BCUT2D eigenvalue weighted by molar-refractivity contribution is 7.58. The van der Waals surface area contributed by atoms with Gasteiger partial charge >= 0.3 is 0 Å². The first-order valence-electron chi connectivity index (χ1n) is 7.28. The van der Waals surface area contributed by atoms with Crippen molar-refractivity contribution in [3.8, 4) is 5.88 Å². The standard InChI is InChI=1S/C15H26NO3P/c1-5-7-10-18-15-11-14(8-9-16-15)13(3)12-20(4,17)19-6-2/h8-9,11,13H,5-7,10,12H2,1-4H3.